The highest BCUT2D eigenvalue weighted by molar-refractivity contribution is 5.73. The zero-order valence-electron chi connectivity index (χ0n) is 14.5. The van der Waals surface area contributed by atoms with Crippen LogP contribution in [-0.4, -0.2) is 71.0 Å². The van der Waals surface area contributed by atoms with Crippen molar-refractivity contribution in [3.63, 3.8) is 0 Å². The molecule has 3 heterocycles. The van der Waals surface area contributed by atoms with Crippen LogP contribution in [0.3, 0.4) is 0 Å². The van der Waals surface area contributed by atoms with Crippen molar-refractivity contribution in [2.75, 3.05) is 44.2 Å². The number of fused-ring (bicyclic) bond motifs is 1. The predicted octanol–water partition coefficient (Wildman–Crippen LogP) is 1.25. The van der Waals surface area contributed by atoms with Crippen molar-refractivity contribution in [3.8, 4) is 0 Å². The maximum Gasteiger partial charge on any atom is 0.225 e. The molecule has 3 aliphatic rings. The van der Waals surface area contributed by atoms with Crippen LogP contribution in [0.2, 0.25) is 0 Å². The Hall–Kier alpha value is -1.69. The van der Waals surface area contributed by atoms with Gasteiger partial charge in [0.1, 0.15) is 0 Å². The van der Waals surface area contributed by atoms with E-state index < -0.39 is 0 Å². The highest BCUT2D eigenvalue weighted by Gasteiger charge is 2.43. The fourth-order valence-electron chi connectivity index (χ4n) is 4.86. The molecule has 0 radical (unpaired) electrons. The molecule has 6 nitrogen and oxygen atoms in total. The van der Waals surface area contributed by atoms with Crippen LogP contribution >= 0.6 is 0 Å². The lowest BCUT2D eigenvalue weighted by Gasteiger charge is -2.44. The topological polar surface area (TPSA) is 52.6 Å². The fraction of sp³-hybridized carbons (Fsp3) is 0.722. The average Bonchev–Trinajstić information content (AvgIpc) is 3.07. The first-order chi connectivity index (χ1) is 11.7. The van der Waals surface area contributed by atoms with Crippen LogP contribution in [0.1, 0.15) is 26.2 Å². The summed E-state index contributed by atoms with van der Waals surface area (Å²) in [5.41, 5.74) is 0. The molecule has 1 saturated carbocycles. The van der Waals surface area contributed by atoms with Crippen molar-refractivity contribution < 1.29 is 4.79 Å². The molecule has 3 fully saturated rings. The Balaban J connectivity index is 1.39. The first-order valence-electron chi connectivity index (χ1n) is 9.24. The van der Waals surface area contributed by atoms with Gasteiger partial charge < -0.3 is 9.80 Å². The van der Waals surface area contributed by atoms with E-state index in [1.807, 2.05) is 18.5 Å². The smallest absolute Gasteiger partial charge is 0.225 e. The number of hydrogen-bond donors (Lipinski definition) is 0. The monoisotopic (exact) mass is 329 g/mol. The summed E-state index contributed by atoms with van der Waals surface area (Å²) in [6, 6.07) is 2.51. The Morgan fingerprint density at radius 2 is 1.83 bits per heavy atom. The van der Waals surface area contributed by atoms with Gasteiger partial charge in [-0.05, 0) is 30.7 Å². The van der Waals surface area contributed by atoms with Gasteiger partial charge in [-0.25, -0.2) is 9.97 Å². The van der Waals surface area contributed by atoms with Gasteiger partial charge in [0.25, 0.3) is 0 Å². The normalized spacial score (nSPS) is 31.1. The Kier molecular flexibility index (Phi) is 4.39. The Labute approximate surface area is 143 Å². The number of rotatable bonds is 2. The van der Waals surface area contributed by atoms with Crippen LogP contribution in [0.4, 0.5) is 5.95 Å². The third kappa shape index (κ3) is 2.99. The van der Waals surface area contributed by atoms with Crippen LogP contribution in [-0.2, 0) is 4.79 Å². The van der Waals surface area contributed by atoms with Crippen LogP contribution in [0.15, 0.2) is 18.5 Å². The predicted molar refractivity (Wildman–Crippen MR) is 92.7 cm³/mol. The zero-order valence-corrected chi connectivity index (χ0v) is 14.5. The molecule has 1 aromatic heterocycles. The number of carbonyl (C=O) groups is 1. The summed E-state index contributed by atoms with van der Waals surface area (Å²) in [6.45, 7) is 7.80. The summed E-state index contributed by atoms with van der Waals surface area (Å²) in [5.74, 6) is 2.47. The second kappa shape index (κ2) is 6.67. The number of piperazine rings is 1. The van der Waals surface area contributed by atoms with Gasteiger partial charge in [0.15, 0.2) is 0 Å². The molecule has 130 valence electrons. The van der Waals surface area contributed by atoms with Crippen molar-refractivity contribution in [2.24, 2.45) is 11.8 Å². The minimum absolute atomic E-state index is 0.245. The number of aromatic nitrogens is 2. The van der Waals surface area contributed by atoms with E-state index in [1.54, 1.807) is 6.92 Å². The second-order valence-electron chi connectivity index (χ2n) is 7.42. The van der Waals surface area contributed by atoms with Crippen LogP contribution < -0.4 is 4.90 Å². The molecule has 2 aliphatic heterocycles. The highest BCUT2D eigenvalue weighted by Crippen LogP contribution is 2.39. The lowest BCUT2D eigenvalue weighted by Crippen LogP contribution is -2.54. The quantitative estimate of drug-likeness (QED) is 0.817. The minimum Gasteiger partial charge on any atom is -0.342 e. The lowest BCUT2D eigenvalue weighted by atomic mass is 9.77. The third-order valence-corrected chi connectivity index (χ3v) is 6.12. The number of likely N-dealkylation sites (tertiary alicyclic amines) is 1. The Morgan fingerprint density at radius 3 is 2.54 bits per heavy atom. The van der Waals surface area contributed by atoms with Gasteiger partial charge in [-0.2, -0.15) is 0 Å². The molecule has 1 aromatic rings. The fourth-order valence-corrected chi connectivity index (χ4v) is 4.86. The SMILES string of the molecule is CC(=O)N1C[C@H]2CCCC(N3CCN(c4ncccn4)CC3)[C@H]2C1. The van der Waals surface area contributed by atoms with Gasteiger partial charge >= 0.3 is 0 Å². The molecule has 0 bridgehead atoms. The van der Waals surface area contributed by atoms with E-state index in [1.165, 1.54) is 19.3 Å². The largest absolute Gasteiger partial charge is 0.342 e. The van der Waals surface area contributed by atoms with Gasteiger partial charge in [-0.1, -0.05) is 6.42 Å². The van der Waals surface area contributed by atoms with Crippen molar-refractivity contribution in [1.82, 2.24) is 19.8 Å². The van der Waals surface area contributed by atoms with Crippen LogP contribution in [0.25, 0.3) is 0 Å². The van der Waals surface area contributed by atoms with Gasteiger partial charge in [-0.15, -0.1) is 0 Å². The molecule has 1 aliphatic carbocycles. The summed E-state index contributed by atoms with van der Waals surface area (Å²) >= 11 is 0. The maximum atomic E-state index is 11.8. The minimum atomic E-state index is 0.245. The standard InChI is InChI=1S/C18H27N5O/c1-14(24)23-12-15-4-2-5-17(16(15)13-23)21-8-10-22(11-9-21)18-19-6-3-7-20-18/h3,6-7,15-17H,2,4-5,8-13H2,1H3/t15-,16+,17?/m1/s1. The second-order valence-corrected chi connectivity index (χ2v) is 7.42. The number of anilines is 1. The van der Waals surface area contributed by atoms with Gasteiger partial charge in [-0.3, -0.25) is 9.69 Å². The van der Waals surface area contributed by atoms with Crippen molar-refractivity contribution in [2.45, 2.75) is 32.2 Å². The number of amides is 1. The molecule has 0 spiro atoms. The highest BCUT2D eigenvalue weighted by atomic mass is 16.2. The van der Waals surface area contributed by atoms with E-state index in [0.29, 0.717) is 17.9 Å². The van der Waals surface area contributed by atoms with E-state index in [9.17, 15) is 4.79 Å². The Bertz CT molecular complexity index is 572. The number of nitrogens with zero attached hydrogens (tertiary/aromatic N) is 5. The molecular formula is C18H27N5O. The van der Waals surface area contributed by atoms with Gasteiger partial charge in [0.05, 0.1) is 0 Å². The van der Waals surface area contributed by atoms with Crippen molar-refractivity contribution in [1.29, 1.82) is 0 Å². The summed E-state index contributed by atoms with van der Waals surface area (Å²) in [6.07, 6.45) is 7.52. The third-order valence-electron chi connectivity index (χ3n) is 6.12. The summed E-state index contributed by atoms with van der Waals surface area (Å²) in [7, 11) is 0. The van der Waals surface area contributed by atoms with Gasteiger partial charge in [0, 0.05) is 64.6 Å². The first kappa shape index (κ1) is 15.8. The molecular weight excluding hydrogens is 302 g/mol. The Morgan fingerprint density at radius 1 is 1.08 bits per heavy atom. The molecule has 0 N–H and O–H groups in total. The molecule has 1 unspecified atom stereocenters. The summed E-state index contributed by atoms with van der Waals surface area (Å²) < 4.78 is 0. The van der Waals surface area contributed by atoms with E-state index in [4.69, 9.17) is 0 Å². The van der Waals surface area contributed by atoms with E-state index in [0.717, 1.165) is 45.2 Å². The van der Waals surface area contributed by atoms with E-state index in [2.05, 4.69) is 24.7 Å². The van der Waals surface area contributed by atoms with Crippen molar-refractivity contribution in [3.05, 3.63) is 18.5 Å². The molecule has 2 saturated heterocycles. The summed E-state index contributed by atoms with van der Waals surface area (Å²) in [4.78, 5) is 27.5. The van der Waals surface area contributed by atoms with Crippen molar-refractivity contribution >= 4 is 11.9 Å². The molecule has 3 atom stereocenters. The van der Waals surface area contributed by atoms with E-state index >= 15 is 0 Å². The molecule has 24 heavy (non-hydrogen) atoms. The molecule has 1 amide bonds. The number of hydrogen-bond acceptors (Lipinski definition) is 5. The molecule has 0 aromatic carbocycles. The summed E-state index contributed by atoms with van der Waals surface area (Å²) in [5, 5.41) is 0. The lowest BCUT2D eigenvalue weighted by molar-refractivity contribution is -0.128. The molecule has 6 heteroatoms. The first-order valence-corrected chi connectivity index (χ1v) is 9.24. The van der Waals surface area contributed by atoms with Crippen LogP contribution in [0.5, 0.6) is 0 Å². The zero-order chi connectivity index (χ0) is 16.5. The average molecular weight is 329 g/mol. The van der Waals surface area contributed by atoms with E-state index in [-0.39, 0.29) is 5.91 Å². The van der Waals surface area contributed by atoms with Crippen LogP contribution in [0, 0.1) is 11.8 Å². The van der Waals surface area contributed by atoms with Gasteiger partial charge in [0.2, 0.25) is 11.9 Å². The molecule has 4 rings (SSSR count). The number of carbonyl (C=O) groups excluding carboxylic acids is 1. The maximum absolute atomic E-state index is 11.8.